The second-order valence-corrected chi connectivity index (χ2v) is 6.45. The predicted octanol–water partition coefficient (Wildman–Crippen LogP) is 1.20. The van der Waals surface area contributed by atoms with E-state index in [0.717, 1.165) is 37.7 Å². The first-order valence-corrected chi connectivity index (χ1v) is 8.99. The lowest BCUT2D eigenvalue weighted by Gasteiger charge is -2.24. The van der Waals surface area contributed by atoms with Gasteiger partial charge in [0, 0.05) is 12.6 Å². The molecular weight excluding hydrogens is 350 g/mol. The second kappa shape index (κ2) is 10.2. The van der Waals surface area contributed by atoms with Crippen molar-refractivity contribution in [1.82, 2.24) is 16.0 Å². The van der Waals surface area contributed by atoms with Crippen molar-refractivity contribution in [1.29, 1.82) is 0 Å². The Kier molecular flexibility index (Phi) is 7.66. The van der Waals surface area contributed by atoms with Crippen LogP contribution >= 0.6 is 0 Å². The molecule has 2 rings (SSSR count). The molecule has 146 valence electrons. The summed E-state index contributed by atoms with van der Waals surface area (Å²) >= 11 is 0. The number of hydrogen-bond donors (Lipinski definition) is 5. The molecule has 0 atom stereocenters. The fourth-order valence-corrected chi connectivity index (χ4v) is 2.94. The van der Waals surface area contributed by atoms with Gasteiger partial charge in [0.2, 0.25) is 5.88 Å². The maximum Gasteiger partial charge on any atom is 0.322 e. The standard InChI is InChI=1S/C19H25N3O5/c23-15(24)12-21-18(26)16(19(27)22-14-9-5-2-6-10-14)17(25)20-11-13-7-3-1-4-8-13/h1,3-4,7-8,14,22,27H,2,5-6,9-12H2,(H,20,25)(H,21,26)(H,23,24)/b19-16-. The first-order valence-electron chi connectivity index (χ1n) is 8.99. The van der Waals surface area contributed by atoms with Gasteiger partial charge in [-0.05, 0) is 18.4 Å². The monoisotopic (exact) mass is 375 g/mol. The summed E-state index contributed by atoms with van der Waals surface area (Å²) in [4.78, 5) is 35.5. The van der Waals surface area contributed by atoms with Crippen LogP contribution in [0.2, 0.25) is 0 Å². The average Bonchev–Trinajstić information content (AvgIpc) is 2.66. The summed E-state index contributed by atoms with van der Waals surface area (Å²) in [5.41, 5.74) is 0.314. The van der Waals surface area contributed by atoms with E-state index in [1.807, 2.05) is 30.3 Å². The third kappa shape index (κ3) is 6.65. The number of amides is 2. The van der Waals surface area contributed by atoms with Gasteiger partial charge in [-0.1, -0.05) is 49.6 Å². The molecule has 1 aliphatic rings. The Morgan fingerprint density at radius 2 is 1.56 bits per heavy atom. The molecule has 0 unspecified atom stereocenters. The number of carboxylic acids is 1. The van der Waals surface area contributed by atoms with E-state index in [4.69, 9.17) is 5.11 Å². The number of rotatable bonds is 8. The number of hydrogen-bond acceptors (Lipinski definition) is 5. The lowest BCUT2D eigenvalue weighted by Crippen LogP contribution is -2.41. The number of carbonyl (C=O) groups excluding carboxylic acids is 2. The molecule has 1 aliphatic carbocycles. The zero-order chi connectivity index (χ0) is 19.6. The van der Waals surface area contributed by atoms with Crippen molar-refractivity contribution in [2.75, 3.05) is 6.54 Å². The number of carbonyl (C=O) groups is 3. The minimum absolute atomic E-state index is 0.0250. The highest BCUT2D eigenvalue weighted by molar-refractivity contribution is 6.19. The highest BCUT2D eigenvalue weighted by Crippen LogP contribution is 2.18. The van der Waals surface area contributed by atoms with Crippen molar-refractivity contribution in [3.05, 3.63) is 47.4 Å². The number of aliphatic hydroxyl groups is 1. The third-order valence-corrected chi connectivity index (χ3v) is 4.33. The summed E-state index contributed by atoms with van der Waals surface area (Å²) in [6.07, 6.45) is 4.79. The topological polar surface area (TPSA) is 128 Å². The molecule has 0 saturated heterocycles. The van der Waals surface area contributed by atoms with E-state index in [1.165, 1.54) is 0 Å². The Morgan fingerprint density at radius 1 is 0.926 bits per heavy atom. The zero-order valence-corrected chi connectivity index (χ0v) is 15.0. The van der Waals surface area contributed by atoms with Gasteiger partial charge in [-0.15, -0.1) is 0 Å². The van der Waals surface area contributed by atoms with Gasteiger partial charge in [0.15, 0.2) is 5.57 Å². The first kappa shape index (κ1) is 20.3. The summed E-state index contributed by atoms with van der Waals surface area (Å²) in [7, 11) is 0. The van der Waals surface area contributed by atoms with Gasteiger partial charge in [-0.3, -0.25) is 14.4 Å². The molecule has 5 N–H and O–H groups in total. The fraction of sp³-hybridized carbons (Fsp3) is 0.421. The molecular formula is C19H25N3O5. The minimum Gasteiger partial charge on any atom is -0.494 e. The molecule has 0 spiro atoms. The summed E-state index contributed by atoms with van der Waals surface area (Å²) < 4.78 is 0. The van der Waals surface area contributed by atoms with Crippen molar-refractivity contribution in [3.63, 3.8) is 0 Å². The van der Waals surface area contributed by atoms with Crippen LogP contribution in [-0.2, 0) is 20.9 Å². The molecule has 1 saturated carbocycles. The largest absolute Gasteiger partial charge is 0.494 e. The zero-order valence-electron chi connectivity index (χ0n) is 15.0. The van der Waals surface area contributed by atoms with Crippen molar-refractivity contribution in [3.8, 4) is 0 Å². The van der Waals surface area contributed by atoms with Crippen LogP contribution in [0.5, 0.6) is 0 Å². The van der Waals surface area contributed by atoms with Gasteiger partial charge in [-0.2, -0.15) is 0 Å². The number of benzene rings is 1. The van der Waals surface area contributed by atoms with Crippen LogP contribution in [0.25, 0.3) is 0 Å². The van der Waals surface area contributed by atoms with E-state index in [0.29, 0.717) is 0 Å². The molecule has 0 aliphatic heterocycles. The lowest BCUT2D eigenvalue weighted by molar-refractivity contribution is -0.138. The van der Waals surface area contributed by atoms with Crippen LogP contribution < -0.4 is 16.0 Å². The molecule has 1 aromatic carbocycles. The highest BCUT2D eigenvalue weighted by Gasteiger charge is 2.26. The maximum absolute atomic E-state index is 12.5. The highest BCUT2D eigenvalue weighted by atomic mass is 16.4. The number of aliphatic hydroxyl groups excluding tert-OH is 1. The fourth-order valence-electron chi connectivity index (χ4n) is 2.94. The molecule has 2 amide bonds. The van der Waals surface area contributed by atoms with Gasteiger partial charge in [0.25, 0.3) is 11.8 Å². The van der Waals surface area contributed by atoms with E-state index in [-0.39, 0.29) is 12.6 Å². The number of nitrogens with one attached hydrogen (secondary N) is 3. The van der Waals surface area contributed by atoms with Crippen LogP contribution in [0, 0.1) is 0 Å². The molecule has 0 aromatic heterocycles. The SMILES string of the molecule is O=C(O)CNC(=O)/C(C(=O)NCc1ccccc1)=C(\O)NC1CCCCC1. The Hall–Kier alpha value is -3.03. The van der Waals surface area contributed by atoms with Crippen molar-refractivity contribution in [2.45, 2.75) is 44.7 Å². The Labute approximate surface area is 157 Å². The molecule has 8 heteroatoms. The van der Waals surface area contributed by atoms with Gasteiger partial charge in [0.05, 0.1) is 0 Å². The summed E-state index contributed by atoms with van der Waals surface area (Å²) in [6.45, 7) is -0.475. The van der Waals surface area contributed by atoms with Crippen molar-refractivity contribution >= 4 is 17.8 Å². The minimum atomic E-state index is -1.24. The lowest BCUT2D eigenvalue weighted by atomic mass is 9.95. The van der Waals surface area contributed by atoms with Gasteiger partial charge in [0.1, 0.15) is 6.54 Å². The van der Waals surface area contributed by atoms with E-state index in [1.54, 1.807) is 0 Å². The Balaban J connectivity index is 2.11. The summed E-state index contributed by atoms with van der Waals surface area (Å²) in [5.74, 6) is -3.49. The van der Waals surface area contributed by atoms with E-state index in [2.05, 4.69) is 16.0 Å². The molecule has 0 heterocycles. The van der Waals surface area contributed by atoms with Gasteiger partial charge in [-0.25, -0.2) is 0 Å². The van der Waals surface area contributed by atoms with Crippen molar-refractivity contribution in [2.24, 2.45) is 0 Å². The van der Waals surface area contributed by atoms with Crippen LogP contribution in [0.3, 0.4) is 0 Å². The van der Waals surface area contributed by atoms with E-state index in [9.17, 15) is 19.5 Å². The van der Waals surface area contributed by atoms with Gasteiger partial charge >= 0.3 is 5.97 Å². The summed E-state index contributed by atoms with van der Waals surface area (Å²) in [5, 5.41) is 26.6. The Bertz CT molecular complexity index is 697. The smallest absolute Gasteiger partial charge is 0.322 e. The average molecular weight is 375 g/mol. The molecule has 0 radical (unpaired) electrons. The predicted molar refractivity (Wildman–Crippen MR) is 98.6 cm³/mol. The number of aliphatic carboxylic acids is 1. The molecule has 1 fully saturated rings. The molecule has 1 aromatic rings. The Morgan fingerprint density at radius 3 is 2.19 bits per heavy atom. The van der Waals surface area contributed by atoms with Crippen molar-refractivity contribution < 1.29 is 24.6 Å². The molecule has 0 bridgehead atoms. The third-order valence-electron chi connectivity index (χ3n) is 4.33. The van der Waals surface area contributed by atoms with Crippen LogP contribution in [0.1, 0.15) is 37.7 Å². The van der Waals surface area contributed by atoms with Crippen LogP contribution in [0.4, 0.5) is 0 Å². The van der Waals surface area contributed by atoms with Gasteiger partial charge < -0.3 is 26.2 Å². The van der Waals surface area contributed by atoms with E-state index >= 15 is 0 Å². The van der Waals surface area contributed by atoms with E-state index < -0.39 is 35.8 Å². The van der Waals surface area contributed by atoms with Crippen LogP contribution in [-0.4, -0.2) is 40.6 Å². The summed E-state index contributed by atoms with van der Waals surface area (Å²) in [6, 6.07) is 9.08. The maximum atomic E-state index is 12.5. The quantitative estimate of drug-likeness (QED) is 0.201. The second-order valence-electron chi connectivity index (χ2n) is 6.45. The first-order chi connectivity index (χ1) is 13.0. The van der Waals surface area contributed by atoms with Crippen LogP contribution in [0.15, 0.2) is 41.8 Å². The molecule has 27 heavy (non-hydrogen) atoms. The number of carboxylic acid groups (broad SMARTS) is 1. The normalized spacial score (nSPS) is 15.4. The molecule has 8 nitrogen and oxygen atoms in total.